The summed E-state index contributed by atoms with van der Waals surface area (Å²) in [6.45, 7) is 7.39. The van der Waals surface area contributed by atoms with Crippen molar-refractivity contribution >= 4 is 5.97 Å². The Morgan fingerprint density at radius 2 is 1.88 bits per heavy atom. The number of aliphatic hydroxyl groups excluding tert-OH is 2. The third-order valence-electron chi connectivity index (χ3n) is 5.68. The van der Waals surface area contributed by atoms with E-state index in [-0.39, 0.29) is 24.7 Å². The van der Waals surface area contributed by atoms with Gasteiger partial charge >= 0.3 is 5.97 Å². The lowest BCUT2D eigenvalue weighted by molar-refractivity contribution is -0.168. The van der Waals surface area contributed by atoms with Crippen LogP contribution in [0.5, 0.6) is 0 Å². The largest absolute Gasteiger partial charge is 0.453 e. The minimum Gasteiger partial charge on any atom is -0.453 e. The second-order valence-electron chi connectivity index (χ2n) is 8.22. The summed E-state index contributed by atoms with van der Waals surface area (Å²) in [7, 11) is 0. The number of hydrogen-bond acceptors (Lipinski definition) is 5. The maximum Gasteiger partial charge on any atom is 0.334 e. The average Bonchev–Trinajstić information content (AvgIpc) is 2.66. The molecule has 0 fully saturated rings. The van der Waals surface area contributed by atoms with E-state index in [1.807, 2.05) is 19.9 Å². The number of carbonyl (C=O) groups is 1. The van der Waals surface area contributed by atoms with Crippen molar-refractivity contribution in [3.63, 3.8) is 0 Å². The predicted molar refractivity (Wildman–Crippen MR) is 95.8 cm³/mol. The first-order chi connectivity index (χ1) is 11.5. The minimum absolute atomic E-state index is 0.203. The van der Waals surface area contributed by atoms with E-state index in [1.165, 1.54) is 0 Å². The van der Waals surface area contributed by atoms with Crippen molar-refractivity contribution in [1.82, 2.24) is 0 Å². The van der Waals surface area contributed by atoms with E-state index in [4.69, 9.17) is 4.74 Å². The molecule has 5 heteroatoms. The molecule has 0 spiro atoms. The SMILES string of the molecule is CC(C)C1=CC(O)C(C)(O)CCC(O)C2(C)CCC=C(CC1)C(=O)O2. The van der Waals surface area contributed by atoms with Gasteiger partial charge in [0.2, 0.25) is 0 Å². The van der Waals surface area contributed by atoms with Crippen LogP contribution in [0.25, 0.3) is 0 Å². The fraction of sp³-hybridized carbons (Fsp3) is 0.750. The molecule has 25 heavy (non-hydrogen) atoms. The molecule has 0 aromatic rings. The summed E-state index contributed by atoms with van der Waals surface area (Å²) in [4.78, 5) is 12.5. The highest BCUT2D eigenvalue weighted by Crippen LogP contribution is 2.34. The third-order valence-corrected chi connectivity index (χ3v) is 5.68. The number of fused-ring (bicyclic) bond motifs is 3. The molecule has 0 saturated carbocycles. The average molecular weight is 352 g/mol. The Labute approximate surface area is 150 Å². The number of aliphatic hydroxyl groups is 3. The van der Waals surface area contributed by atoms with Gasteiger partial charge in [-0.3, -0.25) is 0 Å². The van der Waals surface area contributed by atoms with Gasteiger partial charge in [-0.15, -0.1) is 0 Å². The Morgan fingerprint density at radius 3 is 2.52 bits per heavy atom. The van der Waals surface area contributed by atoms with Gasteiger partial charge in [0.05, 0.1) is 11.7 Å². The van der Waals surface area contributed by atoms with E-state index in [2.05, 4.69) is 0 Å². The van der Waals surface area contributed by atoms with Gasteiger partial charge in [-0.05, 0) is 58.3 Å². The molecule has 2 rings (SSSR count). The summed E-state index contributed by atoms with van der Waals surface area (Å²) in [5, 5.41) is 31.7. The van der Waals surface area contributed by atoms with E-state index in [0.717, 1.165) is 5.57 Å². The highest BCUT2D eigenvalue weighted by atomic mass is 16.6. The lowest BCUT2D eigenvalue weighted by Gasteiger charge is -2.35. The highest BCUT2D eigenvalue weighted by molar-refractivity contribution is 5.89. The van der Waals surface area contributed by atoms with Crippen LogP contribution in [-0.2, 0) is 9.53 Å². The standard InChI is InChI=1S/C20H32O5/c1-13(2)15-8-7-14-6-5-10-20(4,25-18(14)23)16(21)9-11-19(3,24)17(22)12-15/h6,12-13,16-17,21-22,24H,5,7-11H2,1-4H3. The van der Waals surface area contributed by atoms with Crippen molar-refractivity contribution in [3.05, 3.63) is 23.3 Å². The summed E-state index contributed by atoms with van der Waals surface area (Å²) >= 11 is 0. The van der Waals surface area contributed by atoms with Crippen LogP contribution in [0.15, 0.2) is 23.3 Å². The van der Waals surface area contributed by atoms with E-state index in [0.29, 0.717) is 31.3 Å². The Kier molecular flexibility index (Phi) is 6.13. The number of carbonyl (C=O) groups excluding carboxylic acids is 1. The van der Waals surface area contributed by atoms with Crippen molar-refractivity contribution in [2.45, 2.75) is 89.6 Å². The maximum atomic E-state index is 12.5. The van der Waals surface area contributed by atoms with E-state index in [9.17, 15) is 20.1 Å². The van der Waals surface area contributed by atoms with Crippen LogP contribution < -0.4 is 0 Å². The second kappa shape index (κ2) is 7.60. The third kappa shape index (κ3) is 4.72. The molecule has 0 saturated heterocycles. The Balaban J connectivity index is 2.38. The summed E-state index contributed by atoms with van der Waals surface area (Å²) in [5.41, 5.74) is -0.682. The molecule has 0 aromatic heterocycles. The number of esters is 1. The van der Waals surface area contributed by atoms with Gasteiger partial charge in [-0.1, -0.05) is 31.6 Å². The molecule has 4 atom stereocenters. The number of rotatable bonds is 1. The van der Waals surface area contributed by atoms with Crippen LogP contribution in [0.4, 0.5) is 0 Å². The van der Waals surface area contributed by atoms with Crippen molar-refractivity contribution in [3.8, 4) is 0 Å². The normalized spacial score (nSPS) is 38.0. The van der Waals surface area contributed by atoms with Crippen molar-refractivity contribution in [2.75, 3.05) is 0 Å². The molecule has 0 aliphatic carbocycles. The molecule has 0 aromatic carbocycles. The topological polar surface area (TPSA) is 87.0 Å². The van der Waals surface area contributed by atoms with E-state index >= 15 is 0 Å². The monoisotopic (exact) mass is 352 g/mol. The molecule has 0 radical (unpaired) electrons. The molecule has 2 aliphatic heterocycles. The molecular weight excluding hydrogens is 320 g/mol. The van der Waals surface area contributed by atoms with Crippen LogP contribution in [-0.4, -0.2) is 44.7 Å². The van der Waals surface area contributed by atoms with Crippen LogP contribution in [0.2, 0.25) is 0 Å². The van der Waals surface area contributed by atoms with E-state index < -0.39 is 23.4 Å². The maximum absolute atomic E-state index is 12.5. The Morgan fingerprint density at radius 1 is 1.20 bits per heavy atom. The lowest BCUT2D eigenvalue weighted by atomic mass is 9.84. The zero-order valence-corrected chi connectivity index (χ0v) is 15.8. The first-order valence-electron chi connectivity index (χ1n) is 9.26. The molecular formula is C20H32O5. The van der Waals surface area contributed by atoms with Crippen molar-refractivity contribution < 1.29 is 24.9 Å². The molecule has 2 aliphatic rings. The quantitative estimate of drug-likeness (QED) is 0.499. The van der Waals surface area contributed by atoms with Gasteiger partial charge < -0.3 is 20.1 Å². The fourth-order valence-electron chi connectivity index (χ4n) is 3.49. The molecule has 5 nitrogen and oxygen atoms in total. The van der Waals surface area contributed by atoms with Gasteiger partial charge in [0, 0.05) is 5.57 Å². The molecule has 4 unspecified atom stereocenters. The van der Waals surface area contributed by atoms with Gasteiger partial charge in [-0.2, -0.15) is 0 Å². The number of allylic oxidation sites excluding steroid dienone is 2. The van der Waals surface area contributed by atoms with E-state index in [1.54, 1.807) is 19.9 Å². The van der Waals surface area contributed by atoms with Gasteiger partial charge in [0.15, 0.2) is 0 Å². The first-order valence-corrected chi connectivity index (χ1v) is 9.26. The second-order valence-corrected chi connectivity index (χ2v) is 8.22. The van der Waals surface area contributed by atoms with Crippen LogP contribution in [0.1, 0.15) is 66.2 Å². The lowest BCUT2D eigenvalue weighted by Crippen LogP contribution is -2.45. The zero-order chi connectivity index (χ0) is 18.8. The minimum atomic E-state index is -1.34. The summed E-state index contributed by atoms with van der Waals surface area (Å²) in [5.74, 6) is -0.164. The molecule has 3 N–H and O–H groups in total. The van der Waals surface area contributed by atoms with Crippen LogP contribution in [0.3, 0.4) is 0 Å². The fourth-order valence-corrected chi connectivity index (χ4v) is 3.49. The van der Waals surface area contributed by atoms with Gasteiger partial charge in [-0.25, -0.2) is 4.79 Å². The van der Waals surface area contributed by atoms with Gasteiger partial charge in [0.25, 0.3) is 0 Å². The first kappa shape index (κ1) is 20.1. The molecule has 0 amide bonds. The Bertz CT molecular complexity index is 560. The van der Waals surface area contributed by atoms with Crippen LogP contribution >= 0.6 is 0 Å². The smallest absolute Gasteiger partial charge is 0.334 e. The summed E-state index contributed by atoms with van der Waals surface area (Å²) in [6.07, 6.45) is 4.55. The number of ether oxygens (including phenoxy) is 1. The summed E-state index contributed by atoms with van der Waals surface area (Å²) < 4.78 is 5.66. The van der Waals surface area contributed by atoms with Crippen LogP contribution in [0, 0.1) is 5.92 Å². The molecule has 2 heterocycles. The molecule has 142 valence electrons. The Hall–Kier alpha value is -1.17. The van der Waals surface area contributed by atoms with Crippen molar-refractivity contribution in [2.24, 2.45) is 5.92 Å². The summed E-state index contributed by atoms with van der Waals surface area (Å²) in [6, 6.07) is 0. The number of hydrogen-bond donors (Lipinski definition) is 3. The highest BCUT2D eigenvalue weighted by Gasteiger charge is 2.40. The van der Waals surface area contributed by atoms with Crippen molar-refractivity contribution in [1.29, 1.82) is 0 Å². The predicted octanol–water partition coefficient (Wildman–Crippen LogP) is 2.64. The molecule has 2 bridgehead atoms. The van der Waals surface area contributed by atoms with Gasteiger partial charge in [0.1, 0.15) is 11.7 Å². The zero-order valence-electron chi connectivity index (χ0n) is 15.8.